The molecule has 4 N–H and O–H groups in total. The van der Waals surface area contributed by atoms with Crippen LogP contribution in [0.3, 0.4) is 0 Å². The molecule has 4 rings (SSSR count). The zero-order chi connectivity index (χ0) is 21.1. The zero-order valence-electron chi connectivity index (χ0n) is 18.3. The Morgan fingerprint density at radius 1 is 0.931 bits per heavy atom. The number of aliphatic hydroxyl groups excluding tert-OH is 3. The fourth-order valence-electron chi connectivity index (χ4n) is 8.77. The van der Waals surface area contributed by atoms with E-state index in [2.05, 4.69) is 20.8 Å². The Hall–Kier alpha value is -0.650. The second-order valence-electron chi connectivity index (χ2n) is 11.5. The molecule has 0 aliphatic heterocycles. The van der Waals surface area contributed by atoms with Gasteiger partial charge in [0.1, 0.15) is 0 Å². The molecule has 0 spiro atoms. The first kappa shape index (κ1) is 21.6. The molecule has 0 amide bonds. The summed E-state index contributed by atoms with van der Waals surface area (Å²) in [5.41, 5.74) is 0.119. The predicted molar refractivity (Wildman–Crippen MR) is 110 cm³/mol. The minimum atomic E-state index is -0.748. The smallest absolute Gasteiger partial charge is 0.303 e. The maximum Gasteiger partial charge on any atom is 0.303 e. The van der Waals surface area contributed by atoms with Crippen molar-refractivity contribution in [3.05, 3.63) is 0 Å². The van der Waals surface area contributed by atoms with E-state index >= 15 is 0 Å². The van der Waals surface area contributed by atoms with Gasteiger partial charge in [0, 0.05) is 6.42 Å². The summed E-state index contributed by atoms with van der Waals surface area (Å²) in [4.78, 5) is 11.1. The molecule has 4 fully saturated rings. The van der Waals surface area contributed by atoms with Crippen LogP contribution in [0.15, 0.2) is 0 Å². The van der Waals surface area contributed by atoms with Crippen LogP contribution in [0.5, 0.6) is 0 Å². The van der Waals surface area contributed by atoms with Gasteiger partial charge < -0.3 is 20.4 Å². The summed E-state index contributed by atoms with van der Waals surface area (Å²) in [7, 11) is 0. The molecule has 4 aliphatic rings. The molecule has 11 atom stereocenters. The van der Waals surface area contributed by atoms with E-state index < -0.39 is 18.2 Å². The summed E-state index contributed by atoms with van der Waals surface area (Å²) in [6, 6.07) is 0. The third kappa shape index (κ3) is 3.27. The van der Waals surface area contributed by atoms with Crippen molar-refractivity contribution < 1.29 is 25.2 Å². The van der Waals surface area contributed by atoms with Crippen LogP contribution >= 0.6 is 0 Å². The molecule has 4 aliphatic carbocycles. The van der Waals surface area contributed by atoms with E-state index in [1.54, 1.807) is 0 Å². The van der Waals surface area contributed by atoms with Crippen LogP contribution in [0.4, 0.5) is 0 Å². The molecular weight excluding hydrogens is 368 g/mol. The van der Waals surface area contributed by atoms with Crippen molar-refractivity contribution in [1.29, 1.82) is 0 Å². The number of carbonyl (C=O) groups is 1. The molecule has 29 heavy (non-hydrogen) atoms. The number of rotatable bonds is 4. The summed E-state index contributed by atoms with van der Waals surface area (Å²) in [5.74, 6) is 1.06. The number of aliphatic hydroxyl groups is 3. The SMILES string of the molecule is CC(CCC(=O)O)C1CCC2C3C(CC[C@]12C)[C@@]1(C)CC[C@@H](O)C[C@H]1[C@@H](O)[C@@H]3O. The number of fused-ring (bicyclic) bond motifs is 5. The van der Waals surface area contributed by atoms with Gasteiger partial charge in [-0.05, 0) is 97.7 Å². The lowest BCUT2D eigenvalue weighted by Gasteiger charge is -2.63. The van der Waals surface area contributed by atoms with Crippen molar-refractivity contribution in [2.45, 2.75) is 96.9 Å². The standard InChI is InChI=1S/C24H40O5/c1-13(4-7-19(26)27)15-5-6-16-20-17(9-11-23(15,16)2)24(3)10-8-14(25)12-18(24)21(28)22(20)29/h13-18,20-22,25,28-29H,4-12H2,1-3H3,(H,26,27)/t13?,14-,15?,16?,17?,18+,20?,21-,22-,23-,24-/m1/s1. The third-order valence-corrected chi connectivity index (χ3v) is 10.3. The molecule has 0 aromatic heterocycles. The number of carboxylic acids is 1. The van der Waals surface area contributed by atoms with Gasteiger partial charge in [-0.15, -0.1) is 0 Å². The monoisotopic (exact) mass is 408 g/mol. The number of hydrogen-bond acceptors (Lipinski definition) is 4. The Morgan fingerprint density at radius 2 is 1.59 bits per heavy atom. The van der Waals surface area contributed by atoms with Gasteiger partial charge in [-0.1, -0.05) is 20.8 Å². The van der Waals surface area contributed by atoms with Crippen molar-refractivity contribution >= 4 is 5.97 Å². The second kappa shape index (κ2) is 7.49. The first-order chi connectivity index (χ1) is 13.6. The lowest BCUT2D eigenvalue weighted by molar-refractivity contribution is -0.223. The Labute approximate surface area is 174 Å². The predicted octanol–water partition coefficient (Wildman–Crippen LogP) is 3.45. The van der Waals surface area contributed by atoms with Crippen LogP contribution in [0.25, 0.3) is 0 Å². The average molecular weight is 409 g/mol. The lowest BCUT2D eigenvalue weighted by atomic mass is 9.43. The van der Waals surface area contributed by atoms with Crippen LogP contribution in [-0.4, -0.2) is 44.7 Å². The highest BCUT2D eigenvalue weighted by atomic mass is 16.4. The minimum Gasteiger partial charge on any atom is -0.481 e. The largest absolute Gasteiger partial charge is 0.481 e. The highest BCUT2D eigenvalue weighted by Crippen LogP contribution is 2.68. The first-order valence-corrected chi connectivity index (χ1v) is 11.9. The molecule has 166 valence electrons. The molecular formula is C24H40O5. The molecule has 0 aromatic carbocycles. The molecule has 5 unspecified atom stereocenters. The Morgan fingerprint density at radius 3 is 2.28 bits per heavy atom. The summed E-state index contributed by atoms with van der Waals surface area (Å²) in [6.45, 7) is 6.89. The van der Waals surface area contributed by atoms with E-state index in [0.29, 0.717) is 30.1 Å². The molecule has 4 saturated carbocycles. The van der Waals surface area contributed by atoms with E-state index in [4.69, 9.17) is 5.11 Å². The van der Waals surface area contributed by atoms with Gasteiger partial charge in [0.25, 0.3) is 0 Å². The van der Waals surface area contributed by atoms with Crippen molar-refractivity contribution in [2.75, 3.05) is 0 Å². The van der Waals surface area contributed by atoms with Gasteiger partial charge in [0.05, 0.1) is 18.3 Å². The fraction of sp³-hybridized carbons (Fsp3) is 0.958. The highest BCUT2D eigenvalue weighted by molar-refractivity contribution is 5.66. The molecule has 5 heteroatoms. The van der Waals surface area contributed by atoms with Crippen LogP contribution in [0.2, 0.25) is 0 Å². The Kier molecular flexibility index (Phi) is 5.57. The van der Waals surface area contributed by atoms with Crippen LogP contribution in [0.1, 0.15) is 78.6 Å². The molecule has 0 saturated heterocycles. The van der Waals surface area contributed by atoms with Crippen molar-refractivity contribution in [3.8, 4) is 0 Å². The molecule has 0 bridgehead atoms. The maximum absolute atomic E-state index is 11.3. The van der Waals surface area contributed by atoms with E-state index in [1.165, 1.54) is 0 Å². The Bertz CT molecular complexity index is 637. The molecule has 5 nitrogen and oxygen atoms in total. The minimum absolute atomic E-state index is 0.00309. The fourth-order valence-corrected chi connectivity index (χ4v) is 8.77. The van der Waals surface area contributed by atoms with Crippen molar-refractivity contribution in [1.82, 2.24) is 0 Å². The molecule has 0 radical (unpaired) electrons. The number of aliphatic carboxylic acids is 1. The summed E-state index contributed by atoms with van der Waals surface area (Å²) >= 11 is 0. The summed E-state index contributed by atoms with van der Waals surface area (Å²) < 4.78 is 0. The van der Waals surface area contributed by atoms with Gasteiger partial charge in [0.15, 0.2) is 0 Å². The lowest BCUT2D eigenvalue weighted by Crippen LogP contribution is -2.64. The quantitative estimate of drug-likeness (QED) is 0.571. The van der Waals surface area contributed by atoms with Crippen molar-refractivity contribution in [3.63, 3.8) is 0 Å². The molecule has 0 aromatic rings. The Balaban J connectivity index is 1.59. The summed E-state index contributed by atoms with van der Waals surface area (Å²) in [5, 5.41) is 41.7. The highest BCUT2D eigenvalue weighted by Gasteiger charge is 2.65. The van der Waals surface area contributed by atoms with Gasteiger partial charge in [0.2, 0.25) is 0 Å². The third-order valence-electron chi connectivity index (χ3n) is 10.3. The zero-order valence-corrected chi connectivity index (χ0v) is 18.3. The normalized spacial score (nSPS) is 52.9. The van der Waals surface area contributed by atoms with Crippen LogP contribution in [0, 0.1) is 46.3 Å². The number of carboxylic acid groups (broad SMARTS) is 1. The van der Waals surface area contributed by atoms with E-state index in [1.807, 2.05) is 0 Å². The van der Waals surface area contributed by atoms with Crippen LogP contribution in [-0.2, 0) is 4.79 Å². The summed E-state index contributed by atoms with van der Waals surface area (Å²) in [6.07, 6.45) is 5.87. The van der Waals surface area contributed by atoms with E-state index in [9.17, 15) is 20.1 Å². The topological polar surface area (TPSA) is 98.0 Å². The van der Waals surface area contributed by atoms with E-state index in [-0.39, 0.29) is 35.2 Å². The van der Waals surface area contributed by atoms with Gasteiger partial charge in [-0.3, -0.25) is 4.79 Å². The first-order valence-electron chi connectivity index (χ1n) is 11.9. The molecule has 0 heterocycles. The van der Waals surface area contributed by atoms with Crippen LogP contribution < -0.4 is 0 Å². The average Bonchev–Trinajstić information content (AvgIpc) is 3.02. The number of hydrogen-bond donors (Lipinski definition) is 4. The van der Waals surface area contributed by atoms with Gasteiger partial charge >= 0.3 is 5.97 Å². The van der Waals surface area contributed by atoms with E-state index in [0.717, 1.165) is 44.9 Å². The second-order valence-corrected chi connectivity index (χ2v) is 11.5. The maximum atomic E-state index is 11.3. The van der Waals surface area contributed by atoms with Crippen molar-refractivity contribution in [2.24, 2.45) is 46.3 Å². The van der Waals surface area contributed by atoms with Gasteiger partial charge in [-0.2, -0.15) is 0 Å². The van der Waals surface area contributed by atoms with Gasteiger partial charge in [-0.25, -0.2) is 0 Å².